The molecule has 1 heterocycles. The van der Waals surface area contributed by atoms with Crippen molar-refractivity contribution in [2.24, 2.45) is 5.73 Å². The number of nitrogens with two attached hydrogens (primary N) is 1. The molecule has 2 aliphatic rings. The van der Waals surface area contributed by atoms with Crippen LogP contribution in [0.5, 0.6) is 11.5 Å². The number of carbonyl (C=O) groups excluding carboxylic acids is 2. The summed E-state index contributed by atoms with van der Waals surface area (Å²) >= 11 is 0. The van der Waals surface area contributed by atoms with Gasteiger partial charge in [-0.1, -0.05) is 6.07 Å². The highest BCUT2D eigenvalue weighted by atomic mass is 16.5. The van der Waals surface area contributed by atoms with E-state index in [1.54, 1.807) is 0 Å². The zero-order chi connectivity index (χ0) is 24.3. The third kappa shape index (κ3) is 4.76. The van der Waals surface area contributed by atoms with E-state index in [2.05, 4.69) is 10.6 Å². The first kappa shape index (κ1) is 24.8. The summed E-state index contributed by atoms with van der Waals surface area (Å²) in [7, 11) is -0.874. The lowest BCUT2D eigenvalue weighted by Crippen LogP contribution is -2.55. The number of imide groups is 1. The van der Waals surface area contributed by atoms with Crippen LogP contribution in [-0.2, 0) is 11.2 Å². The second-order valence-electron chi connectivity index (χ2n) is 8.35. The van der Waals surface area contributed by atoms with Crippen molar-refractivity contribution in [1.29, 1.82) is 0 Å². The quantitative estimate of drug-likeness (QED) is 0.172. The molecule has 12 nitrogen and oxygen atoms in total. The molecule has 0 bridgehead atoms. The van der Waals surface area contributed by atoms with Gasteiger partial charge in [-0.15, -0.1) is 0 Å². The topological polar surface area (TPSA) is 195 Å². The molecule has 1 aromatic carbocycles. The molecular formula is C20H29BN4O8. The molecule has 1 spiro atoms. The van der Waals surface area contributed by atoms with Crippen LogP contribution >= 0.6 is 0 Å². The Morgan fingerprint density at radius 2 is 2.03 bits per heavy atom. The maximum atomic E-state index is 13.3. The predicted octanol–water partition coefficient (Wildman–Crippen LogP) is -1.20. The van der Waals surface area contributed by atoms with E-state index >= 15 is 0 Å². The van der Waals surface area contributed by atoms with Gasteiger partial charge in [-0.3, -0.25) is 9.69 Å². The number of phenols is 1. The first-order valence-electron chi connectivity index (χ1n) is 10.7. The third-order valence-electron chi connectivity index (χ3n) is 6.37. The summed E-state index contributed by atoms with van der Waals surface area (Å²) in [5.41, 5.74) is 3.89. The largest absolute Gasteiger partial charge is 0.507 e. The Kier molecular flexibility index (Phi) is 7.47. The van der Waals surface area contributed by atoms with Crippen molar-refractivity contribution in [3.8, 4) is 11.5 Å². The number of carboxylic acids is 1. The van der Waals surface area contributed by atoms with Crippen LogP contribution in [0.25, 0.3) is 0 Å². The molecule has 0 aromatic heterocycles. The lowest BCUT2D eigenvalue weighted by Gasteiger charge is -2.36. The number of carbonyl (C=O) groups is 3. The monoisotopic (exact) mass is 464 g/mol. The Morgan fingerprint density at radius 3 is 2.58 bits per heavy atom. The normalized spacial score (nSPS) is 23.5. The van der Waals surface area contributed by atoms with Gasteiger partial charge in [-0.2, -0.15) is 0 Å². The molecular weight excluding hydrogens is 435 g/mol. The molecule has 1 aromatic rings. The van der Waals surface area contributed by atoms with Gasteiger partial charge in [0.25, 0.3) is 5.91 Å². The Labute approximate surface area is 190 Å². The van der Waals surface area contributed by atoms with Gasteiger partial charge in [0.05, 0.1) is 13.1 Å². The van der Waals surface area contributed by atoms with Crippen molar-refractivity contribution in [3.63, 3.8) is 0 Å². The Balaban J connectivity index is 1.84. The Bertz CT molecular complexity index is 920. The standard InChI is InChI=1S/C20H29BN4O8/c1-33-13-3-2-11(16(26)15(13)17(27)28)10-14(21(31)32)25-18(29)20(24-19(25)30)6-4-12(5-7-20)23-9-8-22/h2-3,12,14,23,26,31-32H,4-10,22H2,1H3,(H,24,30)(H,27,28)/t12?,14-,20?/m0/s1. The molecule has 1 aliphatic heterocycles. The molecule has 1 saturated heterocycles. The number of nitrogens with zero attached hydrogens (tertiary/aromatic N) is 1. The number of hydrogen-bond acceptors (Lipinski definition) is 9. The van der Waals surface area contributed by atoms with Crippen LogP contribution in [0.4, 0.5) is 4.79 Å². The van der Waals surface area contributed by atoms with Crippen molar-refractivity contribution in [1.82, 2.24) is 15.5 Å². The SMILES string of the molecule is COc1ccc(C[C@@H](B(O)O)N2C(=O)NC3(CCC(NCCN)CC3)C2=O)c(O)c1C(=O)O. The van der Waals surface area contributed by atoms with Crippen LogP contribution < -0.4 is 21.1 Å². The molecule has 0 radical (unpaired) electrons. The summed E-state index contributed by atoms with van der Waals surface area (Å²) in [6, 6.07) is 2.06. The molecule has 3 amide bonds. The van der Waals surface area contributed by atoms with Gasteiger partial charge < -0.3 is 41.4 Å². The highest BCUT2D eigenvalue weighted by molar-refractivity contribution is 6.44. The van der Waals surface area contributed by atoms with Crippen molar-refractivity contribution in [3.05, 3.63) is 23.3 Å². The van der Waals surface area contributed by atoms with E-state index in [-0.39, 0.29) is 23.8 Å². The minimum Gasteiger partial charge on any atom is -0.507 e. The number of urea groups is 1. The summed E-state index contributed by atoms with van der Waals surface area (Å²) in [5.74, 6) is -4.18. The van der Waals surface area contributed by atoms with Crippen molar-refractivity contribution >= 4 is 25.0 Å². The van der Waals surface area contributed by atoms with Crippen molar-refractivity contribution in [2.75, 3.05) is 20.2 Å². The van der Waals surface area contributed by atoms with Gasteiger partial charge in [-0.25, -0.2) is 9.59 Å². The number of amides is 3. The molecule has 0 unspecified atom stereocenters. The predicted molar refractivity (Wildman–Crippen MR) is 117 cm³/mol. The minimum atomic E-state index is -2.12. The van der Waals surface area contributed by atoms with E-state index < -0.39 is 47.8 Å². The zero-order valence-electron chi connectivity index (χ0n) is 18.3. The van der Waals surface area contributed by atoms with E-state index in [9.17, 15) is 34.6 Å². The van der Waals surface area contributed by atoms with E-state index in [0.717, 1.165) is 4.90 Å². The van der Waals surface area contributed by atoms with Gasteiger partial charge in [0.15, 0.2) is 0 Å². The van der Waals surface area contributed by atoms with Crippen LogP contribution in [0.3, 0.4) is 0 Å². The zero-order valence-corrected chi connectivity index (χ0v) is 18.3. The maximum absolute atomic E-state index is 13.3. The van der Waals surface area contributed by atoms with Gasteiger partial charge in [0.1, 0.15) is 22.6 Å². The first-order valence-corrected chi connectivity index (χ1v) is 10.7. The number of carboxylic acid groups (broad SMARTS) is 1. The van der Waals surface area contributed by atoms with Crippen LogP contribution in [0.15, 0.2) is 12.1 Å². The van der Waals surface area contributed by atoms with Gasteiger partial charge in [0.2, 0.25) is 0 Å². The molecule has 180 valence electrons. The van der Waals surface area contributed by atoms with Crippen molar-refractivity contribution in [2.45, 2.75) is 49.6 Å². The second-order valence-corrected chi connectivity index (χ2v) is 8.35. The third-order valence-corrected chi connectivity index (χ3v) is 6.37. The number of ether oxygens (including phenoxy) is 1. The summed E-state index contributed by atoms with van der Waals surface area (Å²) in [6.45, 7) is 1.13. The fourth-order valence-corrected chi connectivity index (χ4v) is 4.60. The summed E-state index contributed by atoms with van der Waals surface area (Å²) in [6.07, 6.45) is 1.65. The number of methoxy groups -OCH3 is 1. The number of benzene rings is 1. The van der Waals surface area contributed by atoms with Gasteiger partial charge in [0, 0.05) is 19.1 Å². The van der Waals surface area contributed by atoms with E-state index in [4.69, 9.17) is 10.5 Å². The molecule has 2 fully saturated rings. The maximum Gasteiger partial charge on any atom is 0.476 e. The number of rotatable bonds is 9. The molecule has 1 aliphatic carbocycles. The van der Waals surface area contributed by atoms with E-state index in [1.807, 2.05) is 0 Å². The molecule has 1 atom stereocenters. The molecule has 8 N–H and O–H groups in total. The average Bonchev–Trinajstić information content (AvgIpc) is 3.01. The number of hydrogen-bond donors (Lipinski definition) is 7. The number of nitrogens with one attached hydrogen (secondary N) is 2. The second kappa shape index (κ2) is 9.95. The number of aromatic carboxylic acids is 1. The smallest absolute Gasteiger partial charge is 0.476 e. The van der Waals surface area contributed by atoms with Crippen molar-refractivity contribution < 1.29 is 39.4 Å². The fourth-order valence-electron chi connectivity index (χ4n) is 4.60. The highest BCUT2D eigenvalue weighted by Gasteiger charge is 2.55. The van der Waals surface area contributed by atoms with Crippen LogP contribution in [0, 0.1) is 0 Å². The van der Waals surface area contributed by atoms with E-state index in [1.165, 1.54) is 19.2 Å². The first-order chi connectivity index (χ1) is 15.6. The van der Waals surface area contributed by atoms with Crippen LogP contribution in [0.2, 0.25) is 0 Å². The summed E-state index contributed by atoms with van der Waals surface area (Å²) < 4.78 is 4.96. The molecule has 3 rings (SSSR count). The highest BCUT2D eigenvalue weighted by Crippen LogP contribution is 2.37. The Morgan fingerprint density at radius 1 is 1.36 bits per heavy atom. The fraction of sp³-hybridized carbons (Fsp3) is 0.550. The molecule has 33 heavy (non-hydrogen) atoms. The average molecular weight is 464 g/mol. The van der Waals surface area contributed by atoms with E-state index in [0.29, 0.717) is 38.8 Å². The molecule has 1 saturated carbocycles. The molecule has 13 heteroatoms. The van der Waals surface area contributed by atoms with Crippen LogP contribution in [0.1, 0.15) is 41.6 Å². The summed E-state index contributed by atoms with van der Waals surface area (Å²) in [4.78, 5) is 38.4. The summed E-state index contributed by atoms with van der Waals surface area (Å²) in [5, 5.41) is 45.9. The minimum absolute atomic E-state index is 0.0162. The lowest BCUT2D eigenvalue weighted by molar-refractivity contribution is -0.133. The number of aromatic hydroxyl groups is 1. The van der Waals surface area contributed by atoms with Crippen LogP contribution in [-0.4, -0.2) is 87.9 Å². The Hall–Kier alpha value is -2.87. The lowest BCUT2D eigenvalue weighted by atomic mass is 9.73. The van der Waals surface area contributed by atoms with Gasteiger partial charge >= 0.3 is 19.1 Å². The van der Waals surface area contributed by atoms with Gasteiger partial charge in [-0.05, 0) is 43.7 Å².